The van der Waals surface area contributed by atoms with Gasteiger partial charge in [0, 0.05) is 0 Å². The summed E-state index contributed by atoms with van der Waals surface area (Å²) in [4.78, 5) is 0. The molecule has 0 bridgehead atoms. The molecule has 0 aliphatic heterocycles. The van der Waals surface area contributed by atoms with Crippen molar-refractivity contribution in [2.24, 2.45) is 0 Å². The molecule has 0 aromatic heterocycles. The quantitative estimate of drug-likeness (QED) is 0.155. The van der Waals surface area contributed by atoms with Crippen LogP contribution in [0.1, 0.15) is 39.8 Å². The molecular formula is C46H34. The predicted molar refractivity (Wildman–Crippen MR) is 197 cm³/mol. The van der Waals surface area contributed by atoms with Crippen molar-refractivity contribution in [1.82, 2.24) is 0 Å². The van der Waals surface area contributed by atoms with E-state index in [4.69, 9.17) is 0 Å². The molecule has 0 unspecified atom stereocenters. The van der Waals surface area contributed by atoms with Crippen molar-refractivity contribution in [2.75, 3.05) is 0 Å². The summed E-state index contributed by atoms with van der Waals surface area (Å²) in [7, 11) is 0. The summed E-state index contributed by atoms with van der Waals surface area (Å²) < 4.78 is 0. The fourth-order valence-electron chi connectivity index (χ4n) is 8.04. The molecule has 218 valence electrons. The highest BCUT2D eigenvalue weighted by Gasteiger charge is 2.35. The van der Waals surface area contributed by atoms with E-state index in [9.17, 15) is 0 Å². The molecule has 0 fully saturated rings. The van der Waals surface area contributed by atoms with Crippen LogP contribution in [0.3, 0.4) is 0 Å². The highest BCUT2D eigenvalue weighted by Crippen LogP contribution is 2.53. The Balaban J connectivity index is 0.0000000975. The largest absolute Gasteiger partial charge is 0.0795 e. The van der Waals surface area contributed by atoms with E-state index in [1.165, 1.54) is 65.7 Å². The van der Waals surface area contributed by atoms with Gasteiger partial charge >= 0.3 is 0 Å². The van der Waals surface area contributed by atoms with E-state index in [0.717, 1.165) is 25.7 Å². The third kappa shape index (κ3) is 4.53. The van der Waals surface area contributed by atoms with Gasteiger partial charge in [0.25, 0.3) is 0 Å². The molecule has 0 radical (unpaired) electrons. The van der Waals surface area contributed by atoms with Gasteiger partial charge in [0.15, 0.2) is 0 Å². The van der Waals surface area contributed by atoms with Crippen molar-refractivity contribution in [3.05, 3.63) is 196 Å². The second-order valence-electron chi connectivity index (χ2n) is 12.7. The summed E-state index contributed by atoms with van der Waals surface area (Å²) in [5.74, 6) is 0. The number of benzene rings is 7. The monoisotopic (exact) mass is 586 g/mol. The minimum absolute atomic E-state index is 1.08. The first-order valence-electron chi connectivity index (χ1n) is 16.5. The van der Waals surface area contributed by atoms with Crippen molar-refractivity contribution >= 4 is 49.5 Å². The summed E-state index contributed by atoms with van der Waals surface area (Å²) in [5, 5.41) is 8.10. The first-order chi connectivity index (χ1) is 22.8. The zero-order valence-electron chi connectivity index (χ0n) is 25.8. The maximum atomic E-state index is 2.30. The van der Waals surface area contributed by atoms with Crippen LogP contribution >= 0.6 is 0 Å². The van der Waals surface area contributed by atoms with E-state index >= 15 is 0 Å². The van der Waals surface area contributed by atoms with Gasteiger partial charge in [-0.3, -0.25) is 0 Å². The molecule has 4 aliphatic rings. The second kappa shape index (κ2) is 11.2. The van der Waals surface area contributed by atoms with Gasteiger partial charge in [-0.25, -0.2) is 0 Å². The molecule has 4 aliphatic carbocycles. The van der Waals surface area contributed by atoms with Gasteiger partial charge in [-0.05, 0) is 114 Å². The summed E-state index contributed by atoms with van der Waals surface area (Å²) in [6, 6.07) is 52.2. The van der Waals surface area contributed by atoms with Gasteiger partial charge in [-0.2, -0.15) is 0 Å². The van der Waals surface area contributed by atoms with Gasteiger partial charge in [-0.15, -0.1) is 0 Å². The molecule has 0 nitrogen and oxygen atoms in total. The normalized spacial score (nSPS) is 14.8. The van der Waals surface area contributed by atoms with Crippen molar-refractivity contribution in [1.29, 1.82) is 0 Å². The van der Waals surface area contributed by atoms with Crippen molar-refractivity contribution in [3.8, 4) is 0 Å². The lowest BCUT2D eigenvalue weighted by Gasteiger charge is -2.11. The second-order valence-corrected chi connectivity index (χ2v) is 12.7. The Morgan fingerprint density at radius 3 is 1.48 bits per heavy atom. The maximum Gasteiger partial charge on any atom is -0.000777 e. The van der Waals surface area contributed by atoms with Crippen LogP contribution in [0, 0.1) is 0 Å². The minimum atomic E-state index is 1.08. The third-order valence-electron chi connectivity index (χ3n) is 10.2. The molecule has 11 rings (SSSR count). The van der Waals surface area contributed by atoms with Crippen LogP contribution in [0.25, 0.3) is 49.5 Å². The van der Waals surface area contributed by atoms with Crippen LogP contribution in [0.4, 0.5) is 0 Å². The lowest BCUT2D eigenvalue weighted by molar-refractivity contribution is 1.13. The SMILES string of the molecule is C1=Cc2cccc3cccc(c23)C1.c1ccc2c(c1)CC1=C2CC2=C1Cc1ccccc12.c1ccc2c(c1)ccc1ccccc12. The number of hydrogen-bond acceptors (Lipinski definition) is 0. The number of fused-ring (bicyclic) bond motifs is 8. The highest BCUT2D eigenvalue weighted by atomic mass is 14.4. The summed E-state index contributed by atoms with van der Waals surface area (Å²) >= 11 is 0. The molecule has 7 aromatic carbocycles. The molecule has 0 amide bonds. The van der Waals surface area contributed by atoms with Crippen LogP contribution in [0.5, 0.6) is 0 Å². The van der Waals surface area contributed by atoms with Crippen LogP contribution in [-0.2, 0) is 19.3 Å². The minimum Gasteiger partial charge on any atom is -0.0795 e. The van der Waals surface area contributed by atoms with E-state index < -0.39 is 0 Å². The zero-order chi connectivity index (χ0) is 30.5. The fourth-order valence-corrected chi connectivity index (χ4v) is 8.04. The Morgan fingerprint density at radius 1 is 0.348 bits per heavy atom. The molecule has 0 heterocycles. The summed E-state index contributed by atoms with van der Waals surface area (Å²) in [5.41, 5.74) is 15.3. The first-order valence-corrected chi connectivity index (χ1v) is 16.5. The Bertz CT molecular complexity index is 2280. The molecule has 46 heavy (non-hydrogen) atoms. The van der Waals surface area contributed by atoms with Crippen molar-refractivity contribution < 1.29 is 0 Å². The summed E-state index contributed by atoms with van der Waals surface area (Å²) in [6.45, 7) is 0. The van der Waals surface area contributed by atoms with Crippen LogP contribution in [0.15, 0.2) is 163 Å². The van der Waals surface area contributed by atoms with Crippen molar-refractivity contribution in [3.63, 3.8) is 0 Å². The average molecular weight is 587 g/mol. The Morgan fingerprint density at radius 2 is 0.848 bits per heavy atom. The van der Waals surface area contributed by atoms with Gasteiger partial charge in [-0.1, -0.05) is 158 Å². The molecule has 0 saturated carbocycles. The molecule has 0 N–H and O–H groups in total. The van der Waals surface area contributed by atoms with E-state index in [1.54, 1.807) is 22.3 Å². The molecular weight excluding hydrogens is 553 g/mol. The highest BCUT2D eigenvalue weighted by molar-refractivity contribution is 6.07. The topological polar surface area (TPSA) is 0 Å². The van der Waals surface area contributed by atoms with Gasteiger partial charge < -0.3 is 0 Å². The van der Waals surface area contributed by atoms with Crippen LogP contribution < -0.4 is 0 Å². The molecule has 0 heteroatoms. The maximum absolute atomic E-state index is 2.30. The molecule has 0 spiro atoms. The Kier molecular flexibility index (Phi) is 6.53. The molecule has 0 atom stereocenters. The van der Waals surface area contributed by atoms with E-state index in [-0.39, 0.29) is 0 Å². The lowest BCUT2D eigenvalue weighted by atomic mass is 9.93. The lowest BCUT2D eigenvalue weighted by Crippen LogP contribution is -1.91. The molecule has 0 saturated heterocycles. The summed E-state index contributed by atoms with van der Waals surface area (Å²) in [6.07, 6.45) is 8.98. The average Bonchev–Trinajstić information content (AvgIpc) is 3.78. The Labute approximate surface area is 270 Å². The van der Waals surface area contributed by atoms with Gasteiger partial charge in [0.2, 0.25) is 0 Å². The van der Waals surface area contributed by atoms with Crippen LogP contribution in [-0.4, -0.2) is 0 Å². The predicted octanol–water partition coefficient (Wildman–Crippen LogP) is 11.8. The van der Waals surface area contributed by atoms with E-state index in [1.807, 2.05) is 0 Å². The van der Waals surface area contributed by atoms with Gasteiger partial charge in [0.1, 0.15) is 0 Å². The van der Waals surface area contributed by atoms with Crippen molar-refractivity contribution in [2.45, 2.75) is 25.7 Å². The smallest absolute Gasteiger partial charge is 0.000777 e. The van der Waals surface area contributed by atoms with Crippen LogP contribution in [0.2, 0.25) is 0 Å². The van der Waals surface area contributed by atoms with E-state index in [2.05, 4.69) is 158 Å². The zero-order valence-corrected chi connectivity index (χ0v) is 25.8. The first kappa shape index (κ1) is 26.9. The molecule has 7 aromatic rings. The van der Waals surface area contributed by atoms with E-state index in [0.29, 0.717) is 0 Å². The number of rotatable bonds is 0. The Hall–Kier alpha value is -5.46. The van der Waals surface area contributed by atoms with Gasteiger partial charge in [0.05, 0.1) is 0 Å². The standard InChI is InChI=1S/C19H14.C14H10.C13H10/c1-3-7-14-12(5-1)9-16-17-10-13-6-2-4-8-15(13)19(17)11-18(14)16;1-3-7-13-11(5-1)9-10-12-6-2-4-8-14(12)13;1-4-10-6-2-8-12-9-3-7-11(5-1)13(10)12/h1-8H,9-11H2;1-10H;1-8H,9H2. The third-order valence-corrected chi connectivity index (χ3v) is 10.2. The number of hydrogen-bond donors (Lipinski definition) is 0. The fraction of sp³-hybridized carbons (Fsp3) is 0.0870. The number of allylic oxidation sites excluding steroid dienone is 5.